The van der Waals surface area contributed by atoms with Crippen molar-refractivity contribution in [2.24, 2.45) is 0 Å². The molecule has 1 aliphatic heterocycles. The van der Waals surface area contributed by atoms with Gasteiger partial charge in [-0.2, -0.15) is 9.97 Å². The average molecular weight is 514 g/mol. The molecular weight excluding hydrogens is 486 g/mol. The minimum absolute atomic E-state index is 0.182. The van der Waals surface area contributed by atoms with E-state index in [0.29, 0.717) is 29.6 Å². The lowest BCUT2D eigenvalue weighted by molar-refractivity contribution is -0.111. The Bertz CT molecular complexity index is 1510. The number of β-amino-alcohol motifs (C(OH)–C–C–N with tert-alkyl or cyclic N) is 1. The van der Waals surface area contributed by atoms with E-state index in [1.165, 1.54) is 18.7 Å². The second kappa shape index (κ2) is 11.2. The number of aromatic nitrogens is 5. The molecule has 5 rings (SSSR count). The topological polar surface area (TPSA) is 141 Å². The van der Waals surface area contributed by atoms with Crippen LogP contribution in [-0.2, 0) is 4.79 Å². The van der Waals surface area contributed by atoms with Crippen molar-refractivity contribution in [1.29, 1.82) is 0 Å². The highest BCUT2D eigenvalue weighted by molar-refractivity contribution is 5.98. The molecule has 3 N–H and O–H groups in total. The van der Waals surface area contributed by atoms with Crippen molar-refractivity contribution in [3.05, 3.63) is 78.1 Å². The largest absolute Gasteiger partial charge is 0.395 e. The van der Waals surface area contributed by atoms with E-state index in [4.69, 9.17) is 5.11 Å². The zero-order chi connectivity index (χ0) is 26.5. The summed E-state index contributed by atoms with van der Waals surface area (Å²) in [7, 11) is 0. The van der Waals surface area contributed by atoms with Crippen LogP contribution in [0.2, 0.25) is 0 Å². The molecule has 0 spiro atoms. The fourth-order valence-corrected chi connectivity index (χ4v) is 4.26. The summed E-state index contributed by atoms with van der Waals surface area (Å²) in [6.07, 6.45) is 5.51. The van der Waals surface area contributed by atoms with Crippen molar-refractivity contribution in [2.75, 3.05) is 54.9 Å². The SMILES string of the molecule is C=CC(=O)Nc1cc(-n2cnc(=O)c3cnc(Nc4ccc(N5CCN(CCO)CC5)cc4)nc32)ccn1. The number of nitrogens with one attached hydrogen (secondary N) is 2. The van der Waals surface area contributed by atoms with E-state index >= 15 is 0 Å². The van der Waals surface area contributed by atoms with Crippen LogP contribution in [0.5, 0.6) is 0 Å². The Morgan fingerprint density at radius 3 is 2.58 bits per heavy atom. The molecule has 4 aromatic rings. The van der Waals surface area contributed by atoms with Crippen molar-refractivity contribution in [3.8, 4) is 5.69 Å². The highest BCUT2D eigenvalue weighted by atomic mass is 16.3. The van der Waals surface area contributed by atoms with Crippen LogP contribution in [0.25, 0.3) is 16.7 Å². The number of fused-ring (bicyclic) bond motifs is 1. The summed E-state index contributed by atoms with van der Waals surface area (Å²) in [5, 5.41) is 15.2. The average Bonchev–Trinajstić information content (AvgIpc) is 2.94. The van der Waals surface area contributed by atoms with Gasteiger partial charge in [0.1, 0.15) is 17.5 Å². The molecule has 0 atom stereocenters. The predicted octanol–water partition coefficient (Wildman–Crippen LogP) is 1.55. The number of aliphatic hydroxyl groups excluding tert-OH is 1. The number of pyridine rings is 1. The van der Waals surface area contributed by atoms with Crippen LogP contribution < -0.4 is 21.1 Å². The first-order chi connectivity index (χ1) is 18.5. The normalized spacial score (nSPS) is 13.9. The van der Waals surface area contributed by atoms with Gasteiger partial charge >= 0.3 is 0 Å². The van der Waals surface area contributed by atoms with Crippen molar-refractivity contribution in [1.82, 2.24) is 29.4 Å². The third-order valence-corrected chi connectivity index (χ3v) is 6.25. The van der Waals surface area contributed by atoms with Gasteiger partial charge in [-0.15, -0.1) is 0 Å². The first kappa shape index (κ1) is 25.0. The molecule has 1 saturated heterocycles. The Balaban J connectivity index is 1.37. The number of rotatable bonds is 8. The summed E-state index contributed by atoms with van der Waals surface area (Å²) >= 11 is 0. The Hall–Kier alpha value is -4.68. The van der Waals surface area contributed by atoms with Crippen molar-refractivity contribution >= 4 is 40.1 Å². The summed E-state index contributed by atoms with van der Waals surface area (Å²) in [6.45, 7) is 7.98. The number of carbonyl (C=O) groups excluding carboxylic acids is 1. The molecule has 12 heteroatoms. The molecule has 1 aliphatic rings. The predicted molar refractivity (Wildman–Crippen MR) is 145 cm³/mol. The van der Waals surface area contributed by atoms with Gasteiger partial charge in [-0.25, -0.2) is 9.97 Å². The number of anilines is 4. The molecule has 12 nitrogen and oxygen atoms in total. The summed E-state index contributed by atoms with van der Waals surface area (Å²) in [6, 6.07) is 11.4. The standard InChI is InChI=1S/C26H27N9O3/c1-2-23(37)31-22-15-20(7-8-27-22)35-17-29-25(38)21-16-28-26(32-24(21)35)30-18-3-5-19(6-4-18)34-11-9-33(10-12-34)13-14-36/h2-8,15-17,36H,1,9-14H2,(H,27,31,37)(H,28,30,32). The van der Waals surface area contributed by atoms with E-state index in [2.05, 4.69) is 46.9 Å². The minimum Gasteiger partial charge on any atom is -0.395 e. The number of carbonyl (C=O) groups is 1. The fraction of sp³-hybridized carbons (Fsp3) is 0.231. The van der Waals surface area contributed by atoms with Gasteiger partial charge in [0.05, 0.1) is 12.3 Å². The zero-order valence-electron chi connectivity index (χ0n) is 20.6. The van der Waals surface area contributed by atoms with E-state index in [0.717, 1.165) is 43.6 Å². The number of hydrogen-bond donors (Lipinski definition) is 3. The number of hydrogen-bond acceptors (Lipinski definition) is 10. The molecule has 0 aliphatic carbocycles. The maximum Gasteiger partial charge on any atom is 0.283 e. The lowest BCUT2D eigenvalue weighted by Gasteiger charge is -2.35. The third-order valence-electron chi connectivity index (χ3n) is 6.25. The summed E-state index contributed by atoms with van der Waals surface area (Å²) in [5.41, 5.74) is 2.43. The maximum atomic E-state index is 12.4. The molecule has 0 unspecified atom stereocenters. The lowest BCUT2D eigenvalue weighted by atomic mass is 10.2. The van der Waals surface area contributed by atoms with Crippen molar-refractivity contribution in [3.63, 3.8) is 0 Å². The van der Waals surface area contributed by atoms with Crippen LogP contribution in [-0.4, -0.2) is 79.7 Å². The molecule has 3 aromatic heterocycles. The smallest absolute Gasteiger partial charge is 0.283 e. The van der Waals surface area contributed by atoms with Gasteiger partial charge in [0, 0.05) is 62.6 Å². The third kappa shape index (κ3) is 5.51. The molecule has 4 heterocycles. The molecule has 1 fully saturated rings. The maximum absolute atomic E-state index is 12.4. The highest BCUT2D eigenvalue weighted by Crippen LogP contribution is 2.22. The van der Waals surface area contributed by atoms with Crippen LogP contribution in [0.4, 0.5) is 23.1 Å². The molecule has 0 saturated carbocycles. The Morgan fingerprint density at radius 1 is 1.05 bits per heavy atom. The second-order valence-corrected chi connectivity index (χ2v) is 8.67. The van der Waals surface area contributed by atoms with Crippen molar-refractivity contribution < 1.29 is 9.90 Å². The second-order valence-electron chi connectivity index (χ2n) is 8.67. The van der Waals surface area contributed by atoms with E-state index in [-0.39, 0.29) is 17.9 Å². The lowest BCUT2D eigenvalue weighted by Crippen LogP contribution is -2.47. The molecule has 0 radical (unpaired) electrons. The van der Waals surface area contributed by atoms with Crippen LogP contribution in [0.1, 0.15) is 0 Å². The van der Waals surface area contributed by atoms with Gasteiger partial charge in [0.2, 0.25) is 11.9 Å². The number of nitrogens with zero attached hydrogens (tertiary/aromatic N) is 7. The Labute approximate surface area is 218 Å². The number of aliphatic hydroxyl groups is 1. The minimum atomic E-state index is -0.444. The molecule has 1 aromatic carbocycles. The van der Waals surface area contributed by atoms with Crippen LogP contribution >= 0.6 is 0 Å². The first-order valence-corrected chi connectivity index (χ1v) is 12.1. The number of benzene rings is 1. The van der Waals surface area contributed by atoms with E-state index in [9.17, 15) is 9.59 Å². The van der Waals surface area contributed by atoms with Gasteiger partial charge in [0.15, 0.2) is 5.65 Å². The molecule has 1 amide bonds. The van der Waals surface area contributed by atoms with Gasteiger partial charge in [-0.05, 0) is 36.4 Å². The summed E-state index contributed by atoms with van der Waals surface area (Å²) in [4.78, 5) is 45.6. The molecule has 0 bridgehead atoms. The van der Waals surface area contributed by atoms with Gasteiger partial charge in [0.25, 0.3) is 5.56 Å². The van der Waals surface area contributed by atoms with E-state index < -0.39 is 5.56 Å². The number of piperazine rings is 1. The Morgan fingerprint density at radius 2 is 1.84 bits per heavy atom. The van der Waals surface area contributed by atoms with Crippen LogP contribution in [0.3, 0.4) is 0 Å². The van der Waals surface area contributed by atoms with E-state index in [1.54, 1.807) is 16.7 Å². The first-order valence-electron chi connectivity index (χ1n) is 12.1. The summed E-state index contributed by atoms with van der Waals surface area (Å²) < 4.78 is 1.63. The summed E-state index contributed by atoms with van der Waals surface area (Å²) in [5.74, 6) is 0.249. The van der Waals surface area contributed by atoms with E-state index in [1.807, 2.05) is 24.3 Å². The highest BCUT2D eigenvalue weighted by Gasteiger charge is 2.17. The van der Waals surface area contributed by atoms with Gasteiger partial charge in [-0.3, -0.25) is 19.1 Å². The molecular formula is C26H27N9O3. The zero-order valence-corrected chi connectivity index (χ0v) is 20.6. The van der Waals surface area contributed by atoms with Crippen LogP contribution in [0, 0.1) is 0 Å². The monoisotopic (exact) mass is 513 g/mol. The number of amides is 1. The van der Waals surface area contributed by atoms with Crippen LogP contribution in [0.15, 0.2) is 72.6 Å². The van der Waals surface area contributed by atoms with Gasteiger partial charge < -0.3 is 20.6 Å². The fourth-order valence-electron chi connectivity index (χ4n) is 4.26. The van der Waals surface area contributed by atoms with Crippen molar-refractivity contribution in [2.45, 2.75) is 0 Å². The molecule has 194 valence electrons. The quantitative estimate of drug-likeness (QED) is 0.297. The van der Waals surface area contributed by atoms with Gasteiger partial charge in [-0.1, -0.05) is 6.58 Å². The Kier molecular flexibility index (Phi) is 7.33. The molecule has 38 heavy (non-hydrogen) atoms.